The molecule has 1 heterocycles. The lowest BCUT2D eigenvalue weighted by Crippen LogP contribution is -2.37. The molecule has 0 aliphatic rings. The maximum Gasteiger partial charge on any atom is 0.309 e. The van der Waals surface area contributed by atoms with E-state index < -0.39 is 17.1 Å². The first-order valence-corrected chi connectivity index (χ1v) is 15.8. The summed E-state index contributed by atoms with van der Waals surface area (Å²) < 4.78 is 7.49. The number of nitrogens with one attached hydrogen (secondary N) is 1. The normalized spacial score (nSPS) is 12.7. The van der Waals surface area contributed by atoms with Crippen molar-refractivity contribution in [2.24, 2.45) is 0 Å². The third kappa shape index (κ3) is 5.93. The Bertz CT molecular complexity index is 1890. The second kappa shape index (κ2) is 13.4. The molecule has 2 N–H and O–H groups in total. The first-order chi connectivity index (χ1) is 22.9. The minimum absolute atomic E-state index is 0.185. The Kier molecular flexibility index (Phi) is 9.00. The van der Waals surface area contributed by atoms with Gasteiger partial charge in [0.25, 0.3) is 5.91 Å². The van der Waals surface area contributed by atoms with Crippen LogP contribution >= 0.6 is 0 Å². The van der Waals surface area contributed by atoms with E-state index in [0.717, 1.165) is 27.5 Å². The summed E-state index contributed by atoms with van der Waals surface area (Å²) in [5.74, 6) is -0.713. The van der Waals surface area contributed by atoms with E-state index in [4.69, 9.17) is 9.72 Å². The van der Waals surface area contributed by atoms with Gasteiger partial charge in [-0.15, -0.1) is 0 Å². The van der Waals surface area contributed by atoms with E-state index in [1.54, 1.807) is 31.6 Å². The molecular weight excluding hydrogens is 586 g/mol. The molecule has 0 aliphatic carbocycles. The molecular formula is C40H37N3O4. The molecule has 1 amide bonds. The van der Waals surface area contributed by atoms with Gasteiger partial charge in [-0.2, -0.15) is 0 Å². The number of rotatable bonds is 11. The van der Waals surface area contributed by atoms with Crippen molar-refractivity contribution in [3.8, 4) is 0 Å². The Hall–Kier alpha value is -5.53. The van der Waals surface area contributed by atoms with E-state index in [2.05, 4.69) is 41.7 Å². The number of fused-ring (bicyclic) bond motifs is 1. The quantitative estimate of drug-likeness (QED) is 0.122. The maximum atomic E-state index is 13.2. The first kappa shape index (κ1) is 31.5. The highest BCUT2D eigenvalue weighted by molar-refractivity contribution is 5.98. The number of hydrogen-bond acceptors (Lipinski definition) is 5. The standard InChI is InChI=1S/C40H37N3O4/c1-3-23-47-37(44)26-39(46,35-22-21-29-24-31(38(45)41-2)20-19-30(29)25-35)36-27-43(28-42-36)40(32-13-7-4-8-14-32,33-15-9-5-10-16-33)34-17-11-6-12-18-34/h4-22,24-25,27-28,46H,3,23,26H2,1-2H3,(H,41,45)/t39-/m0/s1. The van der Waals surface area contributed by atoms with Crippen molar-refractivity contribution in [2.75, 3.05) is 13.7 Å². The predicted octanol–water partition coefficient (Wildman–Crippen LogP) is 6.82. The van der Waals surface area contributed by atoms with Gasteiger partial charge in [0.05, 0.1) is 25.0 Å². The number of nitrogens with zero attached hydrogens (tertiary/aromatic N) is 2. The molecule has 0 saturated heterocycles. The van der Waals surface area contributed by atoms with Crippen LogP contribution in [0.5, 0.6) is 0 Å². The average Bonchev–Trinajstić information content (AvgIpc) is 3.63. The fourth-order valence-electron chi connectivity index (χ4n) is 6.31. The second-order valence-electron chi connectivity index (χ2n) is 11.6. The van der Waals surface area contributed by atoms with Crippen molar-refractivity contribution in [2.45, 2.75) is 30.9 Å². The lowest BCUT2D eigenvalue weighted by molar-refractivity contribution is -0.148. The minimum Gasteiger partial charge on any atom is -0.466 e. The van der Waals surface area contributed by atoms with Gasteiger partial charge in [0, 0.05) is 18.8 Å². The third-order valence-electron chi connectivity index (χ3n) is 8.64. The number of benzene rings is 5. The topological polar surface area (TPSA) is 93.5 Å². The van der Waals surface area contributed by atoms with Gasteiger partial charge in [-0.3, -0.25) is 9.59 Å². The van der Waals surface area contributed by atoms with Gasteiger partial charge in [0.2, 0.25) is 0 Å². The number of carbonyl (C=O) groups excluding carboxylic acids is 2. The van der Waals surface area contributed by atoms with Gasteiger partial charge in [0.15, 0.2) is 0 Å². The highest BCUT2D eigenvalue weighted by Gasteiger charge is 2.42. The van der Waals surface area contributed by atoms with Crippen LogP contribution in [0.1, 0.15) is 58.1 Å². The summed E-state index contributed by atoms with van der Waals surface area (Å²) in [4.78, 5) is 30.3. The predicted molar refractivity (Wildman–Crippen MR) is 183 cm³/mol. The summed E-state index contributed by atoms with van der Waals surface area (Å²) >= 11 is 0. The summed E-state index contributed by atoms with van der Waals surface area (Å²) in [6.45, 7) is 2.18. The molecule has 47 heavy (non-hydrogen) atoms. The Labute approximate surface area is 274 Å². The molecule has 0 saturated carbocycles. The number of hydrogen-bond donors (Lipinski definition) is 2. The zero-order valence-electron chi connectivity index (χ0n) is 26.5. The number of aliphatic hydroxyl groups is 1. The number of aromatic nitrogens is 2. The van der Waals surface area contributed by atoms with E-state index in [1.807, 2.05) is 90.5 Å². The Morgan fingerprint density at radius 3 is 1.87 bits per heavy atom. The van der Waals surface area contributed by atoms with E-state index in [-0.39, 0.29) is 18.9 Å². The summed E-state index contributed by atoms with van der Waals surface area (Å²) in [5.41, 5.74) is 1.67. The zero-order chi connectivity index (χ0) is 32.9. The molecule has 0 fully saturated rings. The molecule has 0 spiro atoms. The van der Waals surface area contributed by atoms with Crippen LogP contribution in [0.4, 0.5) is 0 Å². The van der Waals surface area contributed by atoms with E-state index in [9.17, 15) is 14.7 Å². The molecule has 7 nitrogen and oxygen atoms in total. The van der Waals surface area contributed by atoms with Crippen LogP contribution in [0.3, 0.4) is 0 Å². The fourth-order valence-corrected chi connectivity index (χ4v) is 6.31. The van der Waals surface area contributed by atoms with E-state index in [1.165, 1.54) is 0 Å². The smallest absolute Gasteiger partial charge is 0.309 e. The highest BCUT2D eigenvalue weighted by Crippen LogP contribution is 2.42. The first-order valence-electron chi connectivity index (χ1n) is 15.8. The average molecular weight is 624 g/mol. The molecule has 7 heteroatoms. The number of esters is 1. The molecule has 0 bridgehead atoms. The van der Waals surface area contributed by atoms with Crippen LogP contribution in [-0.2, 0) is 20.7 Å². The Balaban J connectivity index is 1.55. The molecule has 6 rings (SSSR count). The number of imidazole rings is 1. The molecule has 236 valence electrons. The number of amides is 1. The van der Waals surface area contributed by atoms with Crippen LogP contribution in [0, 0.1) is 0 Å². The largest absolute Gasteiger partial charge is 0.466 e. The molecule has 1 atom stereocenters. The molecule has 6 aromatic rings. The molecule has 0 radical (unpaired) electrons. The molecule has 5 aromatic carbocycles. The Morgan fingerprint density at radius 1 is 0.766 bits per heavy atom. The summed E-state index contributed by atoms with van der Waals surface area (Å²) in [5, 5.41) is 16.9. The van der Waals surface area contributed by atoms with Crippen LogP contribution in [0.25, 0.3) is 10.8 Å². The van der Waals surface area contributed by atoms with Crippen LogP contribution < -0.4 is 5.32 Å². The van der Waals surface area contributed by atoms with Crippen LogP contribution in [-0.4, -0.2) is 40.2 Å². The van der Waals surface area contributed by atoms with Crippen molar-refractivity contribution in [3.63, 3.8) is 0 Å². The van der Waals surface area contributed by atoms with E-state index >= 15 is 0 Å². The lowest BCUT2D eigenvalue weighted by Gasteiger charge is -2.37. The summed E-state index contributed by atoms with van der Waals surface area (Å²) in [7, 11) is 1.59. The van der Waals surface area contributed by atoms with Crippen molar-refractivity contribution >= 4 is 22.6 Å². The van der Waals surface area contributed by atoms with Crippen LogP contribution in [0.2, 0.25) is 0 Å². The van der Waals surface area contributed by atoms with Crippen molar-refractivity contribution in [1.29, 1.82) is 0 Å². The maximum absolute atomic E-state index is 13.2. The van der Waals surface area contributed by atoms with Crippen molar-refractivity contribution < 1.29 is 19.4 Å². The highest BCUT2D eigenvalue weighted by atomic mass is 16.5. The zero-order valence-corrected chi connectivity index (χ0v) is 26.5. The van der Waals surface area contributed by atoms with E-state index in [0.29, 0.717) is 23.2 Å². The monoisotopic (exact) mass is 623 g/mol. The second-order valence-corrected chi connectivity index (χ2v) is 11.6. The molecule has 0 unspecified atom stereocenters. The number of carbonyl (C=O) groups is 2. The van der Waals surface area contributed by atoms with Crippen molar-refractivity contribution in [3.05, 3.63) is 173 Å². The van der Waals surface area contributed by atoms with Gasteiger partial charge >= 0.3 is 5.97 Å². The summed E-state index contributed by atoms with van der Waals surface area (Å²) in [6.07, 6.45) is 3.89. The number of ether oxygens (including phenoxy) is 1. The van der Waals surface area contributed by atoms with Crippen molar-refractivity contribution in [1.82, 2.24) is 14.9 Å². The fraction of sp³-hybridized carbons (Fsp3) is 0.175. The third-order valence-corrected chi connectivity index (χ3v) is 8.64. The Morgan fingerprint density at radius 2 is 1.32 bits per heavy atom. The van der Waals surface area contributed by atoms with Crippen LogP contribution in [0.15, 0.2) is 140 Å². The molecule has 1 aromatic heterocycles. The van der Waals surface area contributed by atoms with Gasteiger partial charge < -0.3 is 19.7 Å². The SMILES string of the molecule is CCCOC(=O)C[C@](O)(c1ccc2cc(C(=O)NC)ccc2c1)c1cn(C(c2ccccc2)(c2ccccc2)c2ccccc2)cn1. The molecule has 0 aliphatic heterocycles. The van der Waals surface area contributed by atoms with Gasteiger partial charge in [-0.25, -0.2) is 4.98 Å². The summed E-state index contributed by atoms with van der Waals surface area (Å²) in [6, 6.07) is 41.4. The lowest BCUT2D eigenvalue weighted by atomic mass is 9.76. The van der Waals surface area contributed by atoms with Gasteiger partial charge in [-0.1, -0.05) is 116 Å². The van der Waals surface area contributed by atoms with Gasteiger partial charge in [0.1, 0.15) is 11.1 Å². The minimum atomic E-state index is -1.82. The van der Waals surface area contributed by atoms with Gasteiger partial charge in [-0.05, 0) is 57.6 Å².